The number of alkyl halides is 3. The van der Waals surface area contributed by atoms with E-state index >= 15 is 0 Å². The van der Waals surface area contributed by atoms with Gasteiger partial charge >= 0.3 is 12.1 Å². The van der Waals surface area contributed by atoms with Gasteiger partial charge < -0.3 is 15.3 Å². The second-order valence-electron chi connectivity index (χ2n) is 12.3. The zero-order chi connectivity index (χ0) is 26.6. The molecule has 1 heterocycles. The van der Waals surface area contributed by atoms with E-state index in [1.54, 1.807) is 6.07 Å². The van der Waals surface area contributed by atoms with Crippen molar-refractivity contribution in [1.29, 1.82) is 0 Å². The molecule has 6 nitrogen and oxygen atoms in total. The molecule has 5 atom stereocenters. The van der Waals surface area contributed by atoms with Crippen molar-refractivity contribution in [2.45, 2.75) is 76.6 Å². The van der Waals surface area contributed by atoms with Gasteiger partial charge in [0.05, 0.1) is 16.5 Å². The first-order valence-electron chi connectivity index (χ1n) is 13.6. The van der Waals surface area contributed by atoms with Crippen LogP contribution < -0.4 is 10.2 Å². The molecule has 6 rings (SSSR count). The molecule has 2 N–H and O–H groups in total. The first-order chi connectivity index (χ1) is 17.4. The van der Waals surface area contributed by atoms with Crippen LogP contribution in [0.25, 0.3) is 0 Å². The molecule has 1 aliphatic heterocycles. The van der Waals surface area contributed by atoms with Crippen molar-refractivity contribution in [2.75, 3.05) is 31.1 Å². The lowest BCUT2D eigenvalue weighted by Crippen LogP contribution is -2.65. The van der Waals surface area contributed by atoms with E-state index in [0.717, 1.165) is 38.2 Å². The Bertz CT molecular complexity index is 1020. The van der Waals surface area contributed by atoms with Crippen LogP contribution in [-0.4, -0.2) is 59.6 Å². The van der Waals surface area contributed by atoms with Crippen molar-refractivity contribution in [3.8, 4) is 0 Å². The third-order valence-corrected chi connectivity index (χ3v) is 9.62. The van der Waals surface area contributed by atoms with E-state index < -0.39 is 28.7 Å². The summed E-state index contributed by atoms with van der Waals surface area (Å²) in [5, 5.41) is 13.2. The van der Waals surface area contributed by atoms with E-state index in [9.17, 15) is 27.9 Å². The minimum atomic E-state index is -4.36. The molecule has 5 fully saturated rings. The lowest BCUT2D eigenvalue weighted by Gasteiger charge is -2.58. The number of carbonyl (C=O) groups excluding carboxylic acids is 1. The van der Waals surface area contributed by atoms with E-state index in [0.29, 0.717) is 50.6 Å². The summed E-state index contributed by atoms with van der Waals surface area (Å²) in [6.45, 7) is 6.50. The highest BCUT2D eigenvalue weighted by molar-refractivity contribution is 5.86. The molecule has 4 aliphatic carbocycles. The SMILES string of the molecule is CC(C)(C(=O)NC1[C@@H]2CC3C[C@H]1CC(C(=O)O)(C3)C2)N1CCCN(c2cccc(C(F)(F)F)c2)CCC1. The number of benzene rings is 1. The van der Waals surface area contributed by atoms with Gasteiger partial charge in [-0.1, -0.05) is 6.07 Å². The number of hydrogen-bond acceptors (Lipinski definition) is 4. The van der Waals surface area contributed by atoms with Gasteiger partial charge in [0, 0.05) is 37.9 Å². The van der Waals surface area contributed by atoms with Crippen LogP contribution in [0.15, 0.2) is 24.3 Å². The topological polar surface area (TPSA) is 72.9 Å². The number of anilines is 1. The Labute approximate surface area is 216 Å². The standard InChI is InChI=1S/C28H38F3N3O3/c1-26(2,24(35)32-23-19-12-18-13-20(23)17-27(15-18,16-19)25(36)37)34-10-4-8-33(9-5-11-34)22-7-3-6-21(14-22)28(29,30)31/h3,6-7,14,18-20,23H,4-5,8-13,15-17H2,1-2H3,(H,32,35)(H,36,37)/t18?,19-,20+,23?,27?. The number of carboxylic acids is 1. The second-order valence-corrected chi connectivity index (χ2v) is 12.3. The Morgan fingerprint density at radius 1 is 1.00 bits per heavy atom. The Balaban J connectivity index is 1.20. The molecule has 9 heteroatoms. The number of carboxylic acid groups (broad SMARTS) is 1. The maximum atomic E-state index is 13.6. The Kier molecular flexibility index (Phi) is 6.74. The van der Waals surface area contributed by atoms with Crippen molar-refractivity contribution < 1.29 is 27.9 Å². The molecule has 3 unspecified atom stereocenters. The van der Waals surface area contributed by atoms with Crippen LogP contribution in [0.3, 0.4) is 0 Å². The summed E-state index contributed by atoms with van der Waals surface area (Å²) in [5.74, 6) is 0.247. The smallest absolute Gasteiger partial charge is 0.416 e. The number of amides is 1. The van der Waals surface area contributed by atoms with Crippen LogP contribution in [0.5, 0.6) is 0 Å². The number of aliphatic carboxylic acids is 1. The highest BCUT2D eigenvalue weighted by Crippen LogP contribution is 2.60. The van der Waals surface area contributed by atoms with Crippen LogP contribution >= 0.6 is 0 Å². The molecule has 37 heavy (non-hydrogen) atoms. The van der Waals surface area contributed by atoms with Gasteiger partial charge in [-0.3, -0.25) is 14.5 Å². The molecule has 1 saturated heterocycles. The maximum Gasteiger partial charge on any atom is 0.416 e. The highest BCUT2D eigenvalue weighted by atomic mass is 19.4. The van der Waals surface area contributed by atoms with Crippen LogP contribution in [0.2, 0.25) is 0 Å². The summed E-state index contributed by atoms with van der Waals surface area (Å²) >= 11 is 0. The Hall–Kier alpha value is -2.29. The average Bonchev–Trinajstić information content (AvgIpc) is 2.80. The van der Waals surface area contributed by atoms with Crippen LogP contribution in [-0.2, 0) is 15.8 Å². The molecule has 204 valence electrons. The highest BCUT2D eigenvalue weighted by Gasteiger charge is 2.59. The van der Waals surface area contributed by atoms with Gasteiger partial charge in [0.15, 0.2) is 0 Å². The Morgan fingerprint density at radius 2 is 1.62 bits per heavy atom. The van der Waals surface area contributed by atoms with Gasteiger partial charge in [0.25, 0.3) is 0 Å². The number of nitrogens with one attached hydrogen (secondary N) is 1. The molecular weight excluding hydrogens is 483 g/mol. The molecule has 0 spiro atoms. The molecule has 0 radical (unpaired) electrons. The fourth-order valence-corrected chi connectivity index (χ4v) is 7.82. The van der Waals surface area contributed by atoms with Gasteiger partial charge in [0.2, 0.25) is 5.91 Å². The third-order valence-electron chi connectivity index (χ3n) is 9.62. The van der Waals surface area contributed by atoms with Gasteiger partial charge in [-0.25, -0.2) is 0 Å². The summed E-state index contributed by atoms with van der Waals surface area (Å²) in [6.07, 6.45) is 1.24. The first kappa shape index (κ1) is 26.3. The van der Waals surface area contributed by atoms with Gasteiger partial charge in [-0.2, -0.15) is 13.2 Å². The molecule has 1 aromatic carbocycles. The minimum absolute atomic E-state index is 0.00958. The van der Waals surface area contributed by atoms with Gasteiger partial charge in [-0.05, 0) is 94.7 Å². The van der Waals surface area contributed by atoms with E-state index in [1.807, 2.05) is 18.7 Å². The van der Waals surface area contributed by atoms with Gasteiger partial charge in [-0.15, -0.1) is 0 Å². The number of hydrogen-bond donors (Lipinski definition) is 2. The first-order valence-corrected chi connectivity index (χ1v) is 13.6. The summed E-state index contributed by atoms with van der Waals surface area (Å²) in [4.78, 5) is 29.8. The quantitative estimate of drug-likeness (QED) is 0.584. The summed E-state index contributed by atoms with van der Waals surface area (Å²) in [7, 11) is 0. The monoisotopic (exact) mass is 521 g/mol. The Morgan fingerprint density at radius 3 is 2.19 bits per heavy atom. The normalized spacial score (nSPS) is 32.6. The third kappa shape index (κ3) is 4.95. The predicted octanol–water partition coefficient (Wildman–Crippen LogP) is 4.78. The lowest BCUT2D eigenvalue weighted by atomic mass is 9.48. The molecule has 0 aromatic heterocycles. The minimum Gasteiger partial charge on any atom is -0.481 e. The zero-order valence-corrected chi connectivity index (χ0v) is 21.7. The number of rotatable bonds is 5. The fourth-order valence-electron chi connectivity index (χ4n) is 7.82. The molecule has 1 aromatic rings. The second kappa shape index (κ2) is 9.47. The number of nitrogens with zero attached hydrogens (tertiary/aromatic N) is 2. The summed E-state index contributed by atoms with van der Waals surface area (Å²) in [6, 6.07) is 5.55. The summed E-state index contributed by atoms with van der Waals surface area (Å²) < 4.78 is 39.5. The lowest BCUT2D eigenvalue weighted by molar-refractivity contribution is -0.168. The molecular formula is C28H38F3N3O3. The zero-order valence-electron chi connectivity index (χ0n) is 21.7. The largest absolute Gasteiger partial charge is 0.481 e. The summed E-state index contributed by atoms with van der Waals surface area (Å²) in [5.41, 5.74) is -1.37. The van der Waals surface area contributed by atoms with Crippen molar-refractivity contribution >= 4 is 17.6 Å². The van der Waals surface area contributed by atoms with Crippen LogP contribution in [0.4, 0.5) is 18.9 Å². The fraction of sp³-hybridized carbons (Fsp3) is 0.714. The molecule has 5 aliphatic rings. The van der Waals surface area contributed by atoms with Crippen LogP contribution in [0, 0.1) is 23.2 Å². The molecule has 1 amide bonds. The molecule has 4 bridgehead atoms. The average molecular weight is 522 g/mol. The van der Waals surface area contributed by atoms with Crippen molar-refractivity contribution in [2.24, 2.45) is 23.2 Å². The molecule has 4 saturated carbocycles. The van der Waals surface area contributed by atoms with E-state index in [1.165, 1.54) is 12.1 Å². The van der Waals surface area contributed by atoms with Gasteiger partial charge in [0.1, 0.15) is 0 Å². The van der Waals surface area contributed by atoms with E-state index in [4.69, 9.17) is 0 Å². The van der Waals surface area contributed by atoms with Crippen LogP contribution in [0.1, 0.15) is 64.4 Å². The number of halogens is 3. The van der Waals surface area contributed by atoms with Crippen molar-refractivity contribution in [3.05, 3.63) is 29.8 Å². The van der Waals surface area contributed by atoms with E-state index in [-0.39, 0.29) is 23.8 Å². The van der Waals surface area contributed by atoms with Crippen molar-refractivity contribution in [1.82, 2.24) is 10.2 Å². The maximum absolute atomic E-state index is 13.6. The predicted molar refractivity (Wildman–Crippen MR) is 134 cm³/mol. The van der Waals surface area contributed by atoms with Crippen molar-refractivity contribution in [3.63, 3.8) is 0 Å². The van der Waals surface area contributed by atoms with E-state index in [2.05, 4.69) is 10.2 Å². The number of carbonyl (C=O) groups is 2.